The molecular formula is C12H10Hg. The van der Waals surface area contributed by atoms with E-state index < -0.39 is 24.6 Å². The van der Waals surface area contributed by atoms with Gasteiger partial charge in [0.05, 0.1) is 0 Å². The maximum absolute atomic E-state index is 2.26. The topological polar surface area (TPSA) is 0 Å². The van der Waals surface area contributed by atoms with Crippen molar-refractivity contribution < 1.29 is 24.6 Å². The molecule has 2 rings (SSSR count). The third kappa shape index (κ3) is 2.66. The monoisotopic (exact) mass is 356 g/mol. The van der Waals surface area contributed by atoms with E-state index in [9.17, 15) is 0 Å². The molecule has 0 bridgehead atoms. The fourth-order valence-electron chi connectivity index (χ4n) is 1.43. The molecule has 0 spiro atoms. The Balaban J connectivity index is 2.16. The predicted octanol–water partition coefficient (Wildman–Crippen LogP) is 1.72. The molecule has 0 saturated heterocycles. The molecule has 60 valence electrons. The summed E-state index contributed by atoms with van der Waals surface area (Å²) in [6, 6.07) is 21.8. The summed E-state index contributed by atoms with van der Waals surface area (Å²) in [6.07, 6.45) is 0. The normalized spacial score (nSPS) is 9.23. The van der Waals surface area contributed by atoms with E-state index in [0.717, 1.165) is 0 Å². The van der Waals surface area contributed by atoms with Crippen molar-refractivity contribution in [3.8, 4) is 0 Å². The van der Waals surface area contributed by atoms with E-state index in [1.807, 2.05) is 0 Å². The Labute approximate surface area is 91.0 Å². The first-order chi connectivity index (χ1) is 6.45. The van der Waals surface area contributed by atoms with Gasteiger partial charge in [0, 0.05) is 0 Å². The third-order valence-corrected chi connectivity index (χ3v) is 8.93. The average Bonchev–Trinajstić information content (AvgIpc) is 2.21. The van der Waals surface area contributed by atoms with E-state index in [4.69, 9.17) is 0 Å². The van der Waals surface area contributed by atoms with Gasteiger partial charge in [-0.2, -0.15) is 0 Å². The van der Waals surface area contributed by atoms with Gasteiger partial charge in [-0.25, -0.2) is 0 Å². The average molecular weight is 355 g/mol. The van der Waals surface area contributed by atoms with Crippen molar-refractivity contribution in [1.82, 2.24) is 0 Å². The summed E-state index contributed by atoms with van der Waals surface area (Å²) in [6.45, 7) is 0. The SMILES string of the molecule is c1cc[c]([Hg][c]2ccccc2)cc1. The van der Waals surface area contributed by atoms with E-state index >= 15 is 0 Å². The molecule has 2 aromatic rings. The van der Waals surface area contributed by atoms with Gasteiger partial charge < -0.3 is 0 Å². The Morgan fingerprint density at radius 3 is 1.31 bits per heavy atom. The van der Waals surface area contributed by atoms with Gasteiger partial charge in [0.25, 0.3) is 0 Å². The molecule has 13 heavy (non-hydrogen) atoms. The number of rotatable bonds is 2. The van der Waals surface area contributed by atoms with Crippen molar-refractivity contribution in [3.05, 3.63) is 60.7 Å². The van der Waals surface area contributed by atoms with Crippen molar-refractivity contribution >= 4 is 6.14 Å². The summed E-state index contributed by atoms with van der Waals surface area (Å²) < 4.78 is 3.18. The fourth-order valence-corrected chi connectivity index (χ4v) is 7.21. The van der Waals surface area contributed by atoms with Crippen molar-refractivity contribution in [1.29, 1.82) is 0 Å². The minimum atomic E-state index is -0.992. The molecule has 0 atom stereocenters. The molecule has 0 aliphatic heterocycles. The zero-order chi connectivity index (χ0) is 8.93. The molecule has 0 N–H and O–H groups in total. The van der Waals surface area contributed by atoms with E-state index in [0.29, 0.717) is 0 Å². The zero-order valence-corrected chi connectivity index (χ0v) is 13.0. The summed E-state index contributed by atoms with van der Waals surface area (Å²) in [5.41, 5.74) is 0. The van der Waals surface area contributed by atoms with Crippen molar-refractivity contribution in [2.75, 3.05) is 0 Å². The molecular weight excluding hydrogens is 345 g/mol. The van der Waals surface area contributed by atoms with Gasteiger partial charge in [0.2, 0.25) is 0 Å². The van der Waals surface area contributed by atoms with E-state index in [2.05, 4.69) is 60.7 Å². The van der Waals surface area contributed by atoms with Crippen LogP contribution in [0.25, 0.3) is 0 Å². The number of hydrogen-bond acceptors (Lipinski definition) is 0. The third-order valence-electron chi connectivity index (χ3n) is 2.09. The number of benzene rings is 2. The molecule has 0 fully saturated rings. The summed E-state index contributed by atoms with van der Waals surface area (Å²) in [7, 11) is 0. The summed E-state index contributed by atoms with van der Waals surface area (Å²) in [5.74, 6) is 0. The molecule has 0 amide bonds. The molecule has 0 aromatic heterocycles. The van der Waals surface area contributed by atoms with Crippen LogP contribution in [0.4, 0.5) is 0 Å². The van der Waals surface area contributed by atoms with Gasteiger partial charge in [0.15, 0.2) is 0 Å². The van der Waals surface area contributed by atoms with Gasteiger partial charge in [0.1, 0.15) is 0 Å². The first-order valence-corrected chi connectivity index (χ1v) is 10.0. The van der Waals surface area contributed by atoms with Crippen molar-refractivity contribution in [2.45, 2.75) is 0 Å². The van der Waals surface area contributed by atoms with Gasteiger partial charge in [-0.1, -0.05) is 0 Å². The maximum atomic E-state index is 2.26. The fraction of sp³-hybridized carbons (Fsp3) is 0. The van der Waals surface area contributed by atoms with Crippen LogP contribution >= 0.6 is 0 Å². The minimum absolute atomic E-state index is 0.992. The Kier molecular flexibility index (Phi) is 3.14. The number of hydrogen-bond donors (Lipinski definition) is 0. The first-order valence-electron chi connectivity index (χ1n) is 4.53. The summed E-state index contributed by atoms with van der Waals surface area (Å²) in [5, 5.41) is 0. The van der Waals surface area contributed by atoms with Crippen LogP contribution in [-0.2, 0) is 24.6 Å². The van der Waals surface area contributed by atoms with Gasteiger partial charge in [-0.15, -0.1) is 0 Å². The second-order valence-corrected chi connectivity index (χ2v) is 10.9. The first kappa shape index (κ1) is 8.95. The summed E-state index contributed by atoms with van der Waals surface area (Å²) >= 11 is -0.992. The molecule has 0 aliphatic rings. The molecule has 2 aromatic carbocycles. The van der Waals surface area contributed by atoms with Crippen LogP contribution in [0.2, 0.25) is 0 Å². The van der Waals surface area contributed by atoms with Crippen LogP contribution < -0.4 is 6.14 Å². The van der Waals surface area contributed by atoms with Crippen LogP contribution in [0.15, 0.2) is 60.7 Å². The quantitative estimate of drug-likeness (QED) is 0.720. The Morgan fingerprint density at radius 2 is 0.923 bits per heavy atom. The van der Waals surface area contributed by atoms with E-state index in [1.54, 1.807) is 6.14 Å². The Morgan fingerprint density at radius 1 is 0.538 bits per heavy atom. The van der Waals surface area contributed by atoms with Crippen LogP contribution in [0, 0.1) is 0 Å². The van der Waals surface area contributed by atoms with Gasteiger partial charge in [-0.3, -0.25) is 0 Å². The van der Waals surface area contributed by atoms with Crippen LogP contribution in [-0.4, -0.2) is 0 Å². The molecule has 0 nitrogen and oxygen atoms in total. The standard InChI is InChI=1S/2C6H5.Hg/c2*1-2-4-6-5-3-1;/h2*1-5H;. The van der Waals surface area contributed by atoms with E-state index in [-0.39, 0.29) is 0 Å². The van der Waals surface area contributed by atoms with Gasteiger partial charge >= 0.3 is 91.4 Å². The molecule has 0 aliphatic carbocycles. The second kappa shape index (κ2) is 4.57. The Hall–Kier alpha value is -0.625. The van der Waals surface area contributed by atoms with Crippen molar-refractivity contribution in [2.24, 2.45) is 0 Å². The Bertz CT molecular complexity index is 316. The van der Waals surface area contributed by atoms with Crippen LogP contribution in [0.3, 0.4) is 0 Å². The zero-order valence-electron chi connectivity index (χ0n) is 7.48. The predicted molar refractivity (Wildman–Crippen MR) is 52.2 cm³/mol. The second-order valence-electron chi connectivity index (χ2n) is 3.15. The molecule has 0 heterocycles. The summed E-state index contributed by atoms with van der Waals surface area (Å²) in [4.78, 5) is 0. The molecule has 0 unspecified atom stereocenters. The molecule has 1 heteroatoms. The van der Waals surface area contributed by atoms with Crippen LogP contribution in [0.5, 0.6) is 0 Å². The van der Waals surface area contributed by atoms with E-state index in [1.165, 1.54) is 0 Å². The van der Waals surface area contributed by atoms with Gasteiger partial charge in [-0.05, 0) is 0 Å². The van der Waals surface area contributed by atoms with Crippen molar-refractivity contribution in [3.63, 3.8) is 0 Å². The molecule has 0 radical (unpaired) electrons. The van der Waals surface area contributed by atoms with Crippen LogP contribution in [0.1, 0.15) is 0 Å². The molecule has 0 saturated carbocycles.